The number of benzene rings is 1. The Bertz CT molecular complexity index is 485. The number of carbonyl (C=O) groups is 1. The molecule has 1 saturated carbocycles. The molecule has 2 unspecified atom stereocenters. The Morgan fingerprint density at radius 3 is 2.70 bits per heavy atom. The molecule has 0 heterocycles. The van der Waals surface area contributed by atoms with E-state index >= 15 is 0 Å². The Hall–Kier alpha value is -1.71. The van der Waals surface area contributed by atoms with E-state index in [1.807, 2.05) is 31.1 Å². The standard InChI is InChI=1S/C16H25N3O/c1-11-4-5-12(8-11)10-18-16(20)13-6-7-15(19(2)3)14(17)9-13/h6-7,9,11-12H,4-5,8,10,17H2,1-3H3,(H,18,20). The fraction of sp³-hybridized carbons (Fsp3) is 0.562. The van der Waals surface area contributed by atoms with Crippen LogP contribution < -0.4 is 16.0 Å². The van der Waals surface area contributed by atoms with E-state index < -0.39 is 0 Å². The molecule has 1 aromatic carbocycles. The molecule has 0 bridgehead atoms. The van der Waals surface area contributed by atoms with E-state index in [9.17, 15) is 4.79 Å². The van der Waals surface area contributed by atoms with Gasteiger partial charge in [-0.2, -0.15) is 0 Å². The predicted molar refractivity (Wildman–Crippen MR) is 84.0 cm³/mol. The first-order valence-electron chi connectivity index (χ1n) is 7.32. The molecule has 4 nitrogen and oxygen atoms in total. The molecular weight excluding hydrogens is 250 g/mol. The summed E-state index contributed by atoms with van der Waals surface area (Å²) in [5.74, 6) is 1.40. The van der Waals surface area contributed by atoms with Crippen LogP contribution in [0.1, 0.15) is 36.5 Å². The molecule has 1 aromatic rings. The number of hydrogen-bond donors (Lipinski definition) is 2. The number of nitrogens with one attached hydrogen (secondary N) is 1. The van der Waals surface area contributed by atoms with Crippen LogP contribution in [0.3, 0.4) is 0 Å². The highest BCUT2D eigenvalue weighted by atomic mass is 16.1. The van der Waals surface area contributed by atoms with Gasteiger partial charge in [0.25, 0.3) is 5.91 Å². The first kappa shape index (κ1) is 14.7. The monoisotopic (exact) mass is 275 g/mol. The Balaban J connectivity index is 1.94. The minimum atomic E-state index is -0.0263. The second kappa shape index (κ2) is 6.16. The second-order valence-corrected chi connectivity index (χ2v) is 6.16. The zero-order valence-electron chi connectivity index (χ0n) is 12.6. The van der Waals surface area contributed by atoms with Crippen molar-refractivity contribution in [1.29, 1.82) is 0 Å². The van der Waals surface area contributed by atoms with Crippen molar-refractivity contribution in [2.75, 3.05) is 31.3 Å². The lowest BCUT2D eigenvalue weighted by Gasteiger charge is -2.16. The molecule has 0 spiro atoms. The third-order valence-electron chi connectivity index (χ3n) is 4.13. The first-order valence-corrected chi connectivity index (χ1v) is 7.32. The maximum Gasteiger partial charge on any atom is 0.251 e. The normalized spacial score (nSPS) is 21.8. The van der Waals surface area contributed by atoms with E-state index in [0.29, 0.717) is 17.2 Å². The minimum Gasteiger partial charge on any atom is -0.397 e. The van der Waals surface area contributed by atoms with Gasteiger partial charge in [-0.15, -0.1) is 0 Å². The number of rotatable bonds is 4. The molecule has 0 aliphatic heterocycles. The van der Waals surface area contributed by atoms with E-state index in [-0.39, 0.29) is 5.91 Å². The molecule has 110 valence electrons. The third-order valence-corrected chi connectivity index (χ3v) is 4.13. The first-order chi connectivity index (χ1) is 9.47. The quantitative estimate of drug-likeness (QED) is 0.830. The lowest BCUT2D eigenvalue weighted by atomic mass is 10.1. The second-order valence-electron chi connectivity index (χ2n) is 6.16. The number of anilines is 2. The Labute approximate surface area is 121 Å². The fourth-order valence-electron chi connectivity index (χ4n) is 2.95. The number of hydrogen-bond acceptors (Lipinski definition) is 3. The number of nitrogen functional groups attached to an aromatic ring is 1. The van der Waals surface area contributed by atoms with Crippen LogP contribution in [0.15, 0.2) is 18.2 Å². The summed E-state index contributed by atoms with van der Waals surface area (Å²) in [4.78, 5) is 14.1. The summed E-state index contributed by atoms with van der Waals surface area (Å²) in [5, 5.41) is 3.03. The maximum atomic E-state index is 12.1. The van der Waals surface area contributed by atoms with Gasteiger partial charge < -0.3 is 16.0 Å². The Morgan fingerprint density at radius 2 is 2.15 bits per heavy atom. The summed E-state index contributed by atoms with van der Waals surface area (Å²) in [5.41, 5.74) is 8.19. The van der Waals surface area contributed by atoms with Crippen LogP contribution in [0.4, 0.5) is 11.4 Å². The van der Waals surface area contributed by atoms with Gasteiger partial charge in [0.15, 0.2) is 0 Å². The molecule has 0 radical (unpaired) electrons. The average molecular weight is 275 g/mol. The van der Waals surface area contributed by atoms with Crippen LogP contribution in [0.5, 0.6) is 0 Å². The van der Waals surface area contributed by atoms with Crippen LogP contribution in [0.25, 0.3) is 0 Å². The predicted octanol–water partition coefficient (Wildman–Crippen LogP) is 2.50. The van der Waals surface area contributed by atoms with Crippen molar-refractivity contribution in [3.8, 4) is 0 Å². The van der Waals surface area contributed by atoms with Crippen molar-refractivity contribution >= 4 is 17.3 Å². The van der Waals surface area contributed by atoms with Crippen LogP contribution in [0, 0.1) is 11.8 Å². The van der Waals surface area contributed by atoms with Crippen LogP contribution in [-0.2, 0) is 0 Å². The van der Waals surface area contributed by atoms with Gasteiger partial charge >= 0.3 is 0 Å². The smallest absolute Gasteiger partial charge is 0.251 e. The molecule has 20 heavy (non-hydrogen) atoms. The lowest BCUT2D eigenvalue weighted by Crippen LogP contribution is -2.28. The molecule has 4 heteroatoms. The highest BCUT2D eigenvalue weighted by Gasteiger charge is 2.21. The van der Waals surface area contributed by atoms with Crippen molar-refractivity contribution in [3.63, 3.8) is 0 Å². The van der Waals surface area contributed by atoms with Crippen molar-refractivity contribution < 1.29 is 4.79 Å². The number of amides is 1. The number of nitrogens with two attached hydrogens (primary N) is 1. The topological polar surface area (TPSA) is 58.4 Å². The van der Waals surface area contributed by atoms with Crippen molar-refractivity contribution in [2.45, 2.75) is 26.2 Å². The maximum absolute atomic E-state index is 12.1. The highest BCUT2D eigenvalue weighted by molar-refractivity contribution is 5.96. The Morgan fingerprint density at radius 1 is 1.40 bits per heavy atom. The van der Waals surface area contributed by atoms with Gasteiger partial charge in [0, 0.05) is 26.2 Å². The van der Waals surface area contributed by atoms with E-state index in [0.717, 1.165) is 18.2 Å². The molecule has 2 rings (SSSR count). The molecule has 2 atom stereocenters. The van der Waals surface area contributed by atoms with Gasteiger partial charge in [0.05, 0.1) is 11.4 Å². The minimum absolute atomic E-state index is 0.0263. The lowest BCUT2D eigenvalue weighted by molar-refractivity contribution is 0.0947. The molecule has 1 amide bonds. The third kappa shape index (κ3) is 3.44. The van der Waals surface area contributed by atoms with Gasteiger partial charge in [0.2, 0.25) is 0 Å². The SMILES string of the molecule is CC1CCC(CNC(=O)c2ccc(N(C)C)c(N)c2)C1. The summed E-state index contributed by atoms with van der Waals surface area (Å²) < 4.78 is 0. The summed E-state index contributed by atoms with van der Waals surface area (Å²) in [6.07, 6.45) is 3.73. The highest BCUT2D eigenvalue weighted by Crippen LogP contribution is 2.29. The van der Waals surface area contributed by atoms with Crippen molar-refractivity contribution in [2.24, 2.45) is 11.8 Å². The average Bonchev–Trinajstić information content (AvgIpc) is 2.81. The van der Waals surface area contributed by atoms with E-state index in [2.05, 4.69) is 12.2 Å². The molecule has 3 N–H and O–H groups in total. The molecular formula is C16H25N3O. The number of carbonyl (C=O) groups excluding carboxylic acids is 1. The Kier molecular flexibility index (Phi) is 4.53. The van der Waals surface area contributed by atoms with Crippen LogP contribution >= 0.6 is 0 Å². The van der Waals surface area contributed by atoms with Crippen molar-refractivity contribution in [1.82, 2.24) is 5.32 Å². The van der Waals surface area contributed by atoms with Gasteiger partial charge in [-0.1, -0.05) is 13.3 Å². The van der Waals surface area contributed by atoms with E-state index in [1.54, 1.807) is 6.07 Å². The summed E-state index contributed by atoms with van der Waals surface area (Å²) in [6, 6.07) is 5.47. The summed E-state index contributed by atoms with van der Waals surface area (Å²) in [7, 11) is 3.87. The van der Waals surface area contributed by atoms with Gasteiger partial charge in [-0.25, -0.2) is 0 Å². The van der Waals surface area contributed by atoms with E-state index in [1.165, 1.54) is 19.3 Å². The summed E-state index contributed by atoms with van der Waals surface area (Å²) in [6.45, 7) is 3.06. The molecule has 1 fully saturated rings. The van der Waals surface area contributed by atoms with Crippen LogP contribution in [-0.4, -0.2) is 26.5 Å². The summed E-state index contributed by atoms with van der Waals surface area (Å²) >= 11 is 0. The largest absolute Gasteiger partial charge is 0.397 e. The van der Waals surface area contributed by atoms with Gasteiger partial charge in [0.1, 0.15) is 0 Å². The molecule has 0 aromatic heterocycles. The fourth-order valence-corrected chi connectivity index (χ4v) is 2.95. The zero-order chi connectivity index (χ0) is 14.7. The number of nitrogens with zero attached hydrogens (tertiary/aromatic N) is 1. The van der Waals surface area contributed by atoms with Crippen molar-refractivity contribution in [3.05, 3.63) is 23.8 Å². The molecule has 1 aliphatic carbocycles. The van der Waals surface area contributed by atoms with Gasteiger partial charge in [-0.05, 0) is 42.9 Å². The van der Waals surface area contributed by atoms with Crippen LogP contribution in [0.2, 0.25) is 0 Å². The molecule has 1 aliphatic rings. The van der Waals surface area contributed by atoms with Gasteiger partial charge in [-0.3, -0.25) is 4.79 Å². The zero-order valence-corrected chi connectivity index (χ0v) is 12.6. The molecule has 0 saturated heterocycles. The van der Waals surface area contributed by atoms with E-state index in [4.69, 9.17) is 5.73 Å².